The van der Waals surface area contributed by atoms with Crippen LogP contribution in [0.5, 0.6) is 0 Å². The van der Waals surface area contributed by atoms with Gasteiger partial charge in [-0.15, -0.1) is 11.3 Å². The Kier molecular flexibility index (Phi) is 5.55. The van der Waals surface area contributed by atoms with E-state index in [2.05, 4.69) is 32.3 Å². The molecule has 1 aliphatic heterocycles. The number of rotatable bonds is 3. The standard InChI is InChI=1S/C14H22BrN3O2S2/c1-14(2)10-18(8-9-22(14,19)20)13(16-3)17-7-6-11-4-5-12(15)21-11/h4-5H,6-10H2,1-3H3,(H,16,17). The van der Waals surface area contributed by atoms with Crippen LogP contribution in [0.2, 0.25) is 0 Å². The SMILES string of the molecule is CN=C(NCCc1ccc(Br)s1)N1CCS(=O)(=O)C(C)(C)C1. The fourth-order valence-corrected chi connectivity index (χ4v) is 5.29. The highest BCUT2D eigenvalue weighted by Gasteiger charge is 2.40. The molecule has 2 heterocycles. The van der Waals surface area contributed by atoms with Gasteiger partial charge in [0, 0.05) is 31.6 Å². The Morgan fingerprint density at radius 3 is 2.77 bits per heavy atom. The van der Waals surface area contributed by atoms with E-state index < -0.39 is 14.6 Å². The minimum atomic E-state index is -3.02. The van der Waals surface area contributed by atoms with Gasteiger partial charge in [-0.25, -0.2) is 8.42 Å². The van der Waals surface area contributed by atoms with Gasteiger partial charge >= 0.3 is 0 Å². The lowest BCUT2D eigenvalue weighted by molar-refractivity contribution is 0.353. The average Bonchev–Trinajstić information content (AvgIpc) is 2.84. The number of sulfone groups is 1. The summed E-state index contributed by atoms with van der Waals surface area (Å²) < 4.78 is 24.5. The molecule has 0 amide bonds. The van der Waals surface area contributed by atoms with Gasteiger partial charge in [-0.1, -0.05) is 0 Å². The normalized spacial score (nSPS) is 20.9. The Morgan fingerprint density at radius 2 is 2.23 bits per heavy atom. The molecular formula is C14H22BrN3O2S2. The maximum absolute atomic E-state index is 12.1. The summed E-state index contributed by atoms with van der Waals surface area (Å²) in [6.07, 6.45) is 0.921. The van der Waals surface area contributed by atoms with Crippen molar-refractivity contribution in [2.45, 2.75) is 25.0 Å². The Labute approximate surface area is 144 Å². The van der Waals surface area contributed by atoms with Crippen molar-refractivity contribution in [2.75, 3.05) is 32.4 Å². The van der Waals surface area contributed by atoms with Crippen LogP contribution in [0.15, 0.2) is 20.9 Å². The number of nitrogens with zero attached hydrogens (tertiary/aromatic N) is 2. The van der Waals surface area contributed by atoms with Gasteiger partial charge in [0.15, 0.2) is 15.8 Å². The van der Waals surface area contributed by atoms with E-state index in [0.29, 0.717) is 13.1 Å². The second kappa shape index (κ2) is 6.88. The lowest BCUT2D eigenvalue weighted by Crippen LogP contribution is -2.57. The van der Waals surface area contributed by atoms with Crippen LogP contribution in [0, 0.1) is 0 Å². The zero-order valence-corrected chi connectivity index (χ0v) is 16.3. The summed E-state index contributed by atoms with van der Waals surface area (Å²) in [6, 6.07) is 4.16. The molecule has 0 atom stereocenters. The predicted octanol–water partition coefficient (Wildman–Crippen LogP) is 2.14. The van der Waals surface area contributed by atoms with Crippen LogP contribution < -0.4 is 5.32 Å². The summed E-state index contributed by atoms with van der Waals surface area (Å²) in [5, 5.41) is 3.33. The fourth-order valence-electron chi connectivity index (χ4n) is 2.44. The molecular weight excluding hydrogens is 386 g/mol. The van der Waals surface area contributed by atoms with Crippen LogP contribution in [0.1, 0.15) is 18.7 Å². The highest BCUT2D eigenvalue weighted by atomic mass is 79.9. The highest BCUT2D eigenvalue weighted by molar-refractivity contribution is 9.11. The molecule has 1 N–H and O–H groups in total. The van der Waals surface area contributed by atoms with Crippen molar-refractivity contribution in [3.63, 3.8) is 0 Å². The molecule has 22 heavy (non-hydrogen) atoms. The molecule has 1 aromatic heterocycles. The van der Waals surface area contributed by atoms with E-state index in [9.17, 15) is 8.42 Å². The molecule has 0 spiro atoms. The van der Waals surface area contributed by atoms with E-state index in [4.69, 9.17) is 0 Å². The van der Waals surface area contributed by atoms with Gasteiger partial charge in [-0.05, 0) is 48.3 Å². The van der Waals surface area contributed by atoms with E-state index in [1.165, 1.54) is 4.88 Å². The first kappa shape index (κ1) is 17.7. The summed E-state index contributed by atoms with van der Waals surface area (Å²) in [4.78, 5) is 7.63. The maximum Gasteiger partial charge on any atom is 0.193 e. The Hall–Kier alpha value is -0.600. The fraction of sp³-hybridized carbons (Fsp3) is 0.643. The Bertz CT molecular complexity index is 653. The van der Waals surface area contributed by atoms with Crippen molar-refractivity contribution in [3.8, 4) is 0 Å². The molecule has 1 aliphatic rings. The quantitative estimate of drug-likeness (QED) is 0.615. The van der Waals surface area contributed by atoms with Crippen molar-refractivity contribution in [1.82, 2.24) is 10.2 Å². The van der Waals surface area contributed by atoms with E-state index in [1.807, 2.05) is 11.0 Å². The van der Waals surface area contributed by atoms with Crippen LogP contribution in [0.3, 0.4) is 0 Å². The van der Waals surface area contributed by atoms with Crippen molar-refractivity contribution in [2.24, 2.45) is 4.99 Å². The molecule has 8 heteroatoms. The van der Waals surface area contributed by atoms with Crippen molar-refractivity contribution >= 4 is 43.1 Å². The van der Waals surface area contributed by atoms with Crippen molar-refractivity contribution in [1.29, 1.82) is 0 Å². The summed E-state index contributed by atoms with van der Waals surface area (Å²) in [6.45, 7) is 5.31. The number of nitrogens with one attached hydrogen (secondary N) is 1. The first-order chi connectivity index (χ1) is 10.2. The van der Waals surface area contributed by atoms with E-state index in [-0.39, 0.29) is 5.75 Å². The monoisotopic (exact) mass is 407 g/mol. The molecule has 2 rings (SSSR count). The molecule has 0 aromatic carbocycles. The zero-order valence-electron chi connectivity index (χ0n) is 13.1. The second-order valence-electron chi connectivity index (χ2n) is 5.93. The lowest BCUT2D eigenvalue weighted by atomic mass is 10.2. The highest BCUT2D eigenvalue weighted by Crippen LogP contribution is 2.24. The molecule has 0 saturated carbocycles. The second-order valence-corrected chi connectivity index (χ2v) is 11.2. The van der Waals surface area contributed by atoms with E-state index in [0.717, 1.165) is 22.7 Å². The molecule has 1 saturated heterocycles. The topological polar surface area (TPSA) is 61.8 Å². The van der Waals surface area contributed by atoms with Crippen molar-refractivity contribution in [3.05, 3.63) is 20.8 Å². The summed E-state index contributed by atoms with van der Waals surface area (Å²) in [5.74, 6) is 0.956. The number of aliphatic imine (C=N–C) groups is 1. The predicted molar refractivity (Wildman–Crippen MR) is 96.5 cm³/mol. The van der Waals surface area contributed by atoms with Gasteiger partial charge in [-0.3, -0.25) is 4.99 Å². The van der Waals surface area contributed by atoms with Crippen LogP contribution >= 0.6 is 27.3 Å². The summed E-state index contributed by atoms with van der Waals surface area (Å²) in [7, 11) is -1.29. The van der Waals surface area contributed by atoms with E-state index in [1.54, 1.807) is 32.2 Å². The summed E-state index contributed by atoms with van der Waals surface area (Å²) >= 11 is 5.19. The molecule has 5 nitrogen and oxygen atoms in total. The van der Waals surface area contributed by atoms with Gasteiger partial charge in [-0.2, -0.15) is 0 Å². The molecule has 0 aliphatic carbocycles. The number of hydrogen-bond acceptors (Lipinski definition) is 4. The van der Waals surface area contributed by atoms with Gasteiger partial charge in [0.1, 0.15) is 0 Å². The number of hydrogen-bond donors (Lipinski definition) is 1. The zero-order chi connectivity index (χ0) is 16.4. The number of thiophene rings is 1. The third-order valence-corrected chi connectivity index (χ3v) is 8.05. The van der Waals surface area contributed by atoms with Crippen LogP contribution in [-0.4, -0.2) is 56.5 Å². The Morgan fingerprint density at radius 1 is 1.50 bits per heavy atom. The molecule has 1 fully saturated rings. The van der Waals surface area contributed by atoms with Gasteiger partial charge in [0.05, 0.1) is 14.3 Å². The first-order valence-corrected chi connectivity index (χ1v) is 10.4. The first-order valence-electron chi connectivity index (χ1n) is 7.17. The van der Waals surface area contributed by atoms with Crippen LogP contribution in [0.25, 0.3) is 0 Å². The van der Waals surface area contributed by atoms with Crippen LogP contribution in [0.4, 0.5) is 0 Å². The third-order valence-electron chi connectivity index (χ3n) is 3.84. The largest absolute Gasteiger partial charge is 0.356 e. The lowest BCUT2D eigenvalue weighted by Gasteiger charge is -2.39. The van der Waals surface area contributed by atoms with Gasteiger partial charge in [0.25, 0.3) is 0 Å². The van der Waals surface area contributed by atoms with E-state index >= 15 is 0 Å². The Balaban J connectivity index is 1.92. The molecule has 1 aromatic rings. The number of guanidine groups is 1. The van der Waals surface area contributed by atoms with Crippen molar-refractivity contribution < 1.29 is 8.42 Å². The maximum atomic E-state index is 12.1. The van der Waals surface area contributed by atoms with Gasteiger partial charge < -0.3 is 10.2 Å². The molecule has 124 valence electrons. The molecule has 0 bridgehead atoms. The molecule has 0 unspecified atom stereocenters. The third kappa shape index (κ3) is 4.02. The van der Waals surface area contributed by atoms with Crippen LogP contribution in [-0.2, 0) is 16.3 Å². The molecule has 0 radical (unpaired) electrons. The smallest absolute Gasteiger partial charge is 0.193 e. The average molecular weight is 408 g/mol. The summed E-state index contributed by atoms with van der Waals surface area (Å²) in [5.41, 5.74) is 0. The minimum Gasteiger partial charge on any atom is -0.356 e. The number of halogens is 1. The van der Waals surface area contributed by atoms with Gasteiger partial charge in [0.2, 0.25) is 0 Å². The minimum absolute atomic E-state index is 0.179.